The third-order valence-electron chi connectivity index (χ3n) is 2.60. The average Bonchev–Trinajstić information content (AvgIpc) is 2.34. The first-order valence-electron chi connectivity index (χ1n) is 4.76. The highest BCUT2D eigenvalue weighted by atomic mass is 32.2. The lowest BCUT2D eigenvalue weighted by Crippen LogP contribution is -2.41. The van der Waals surface area contributed by atoms with Crippen LogP contribution in [-0.2, 0) is 16.6 Å². The summed E-state index contributed by atoms with van der Waals surface area (Å²) in [6.45, 7) is 0. The van der Waals surface area contributed by atoms with E-state index < -0.39 is 45.8 Å². The molecule has 0 aromatic heterocycles. The molecule has 0 bridgehead atoms. The van der Waals surface area contributed by atoms with Gasteiger partial charge in [-0.05, 0) is 11.6 Å². The summed E-state index contributed by atoms with van der Waals surface area (Å²) in [5, 5.41) is 4.60. The Bertz CT molecular complexity index is 603. The molecule has 100 valence electrons. The Morgan fingerprint density at radius 3 is 2.50 bits per heavy atom. The van der Waals surface area contributed by atoms with Crippen molar-refractivity contribution in [2.24, 2.45) is 5.14 Å². The fraction of sp³-hybridized carbons (Fsp3) is 0.333. The SMILES string of the molecule is NS(=O)(=O)NC1c2c(F)cc(F)cc2CC1(F)F. The highest BCUT2D eigenvalue weighted by molar-refractivity contribution is 7.87. The van der Waals surface area contributed by atoms with Gasteiger partial charge in [-0.1, -0.05) is 0 Å². The largest absolute Gasteiger partial charge is 0.275 e. The summed E-state index contributed by atoms with van der Waals surface area (Å²) >= 11 is 0. The third-order valence-corrected chi connectivity index (χ3v) is 3.16. The van der Waals surface area contributed by atoms with Gasteiger partial charge >= 0.3 is 0 Å². The topological polar surface area (TPSA) is 72.2 Å². The molecule has 0 radical (unpaired) electrons. The van der Waals surface area contributed by atoms with Gasteiger partial charge in [0, 0.05) is 18.1 Å². The second kappa shape index (κ2) is 3.90. The lowest BCUT2D eigenvalue weighted by atomic mass is 10.1. The molecule has 0 heterocycles. The van der Waals surface area contributed by atoms with Gasteiger partial charge < -0.3 is 0 Å². The number of fused-ring (bicyclic) bond motifs is 1. The first-order chi connectivity index (χ1) is 8.10. The number of hydrogen-bond donors (Lipinski definition) is 2. The van der Waals surface area contributed by atoms with Crippen molar-refractivity contribution in [3.63, 3.8) is 0 Å². The quantitative estimate of drug-likeness (QED) is 0.795. The fourth-order valence-corrected chi connectivity index (χ4v) is 2.60. The Balaban J connectivity index is 2.55. The van der Waals surface area contributed by atoms with Crippen LogP contribution in [0.4, 0.5) is 17.6 Å². The zero-order chi connectivity index (χ0) is 13.7. The molecule has 1 aromatic rings. The molecule has 4 nitrogen and oxygen atoms in total. The zero-order valence-electron chi connectivity index (χ0n) is 8.75. The predicted molar refractivity (Wildman–Crippen MR) is 54.0 cm³/mol. The van der Waals surface area contributed by atoms with Crippen LogP contribution < -0.4 is 9.86 Å². The lowest BCUT2D eigenvalue weighted by molar-refractivity contribution is -0.0193. The van der Waals surface area contributed by atoms with Crippen LogP contribution in [-0.4, -0.2) is 14.3 Å². The van der Waals surface area contributed by atoms with E-state index in [1.54, 1.807) is 0 Å². The summed E-state index contributed by atoms with van der Waals surface area (Å²) in [5.74, 6) is -5.80. The summed E-state index contributed by atoms with van der Waals surface area (Å²) in [5.41, 5.74) is -0.853. The molecule has 1 aliphatic rings. The maximum atomic E-state index is 13.6. The van der Waals surface area contributed by atoms with Gasteiger partial charge in [0.1, 0.15) is 17.7 Å². The highest BCUT2D eigenvalue weighted by Crippen LogP contribution is 2.44. The number of nitrogens with two attached hydrogens (primary N) is 1. The van der Waals surface area contributed by atoms with Gasteiger partial charge in [0.2, 0.25) is 0 Å². The van der Waals surface area contributed by atoms with Crippen LogP contribution in [0.1, 0.15) is 17.2 Å². The van der Waals surface area contributed by atoms with Crippen molar-refractivity contribution in [1.82, 2.24) is 4.72 Å². The van der Waals surface area contributed by atoms with Crippen LogP contribution in [0.3, 0.4) is 0 Å². The van der Waals surface area contributed by atoms with Crippen molar-refractivity contribution in [1.29, 1.82) is 0 Å². The Hall–Kier alpha value is -1.19. The lowest BCUT2D eigenvalue weighted by Gasteiger charge is -2.20. The highest BCUT2D eigenvalue weighted by Gasteiger charge is 2.50. The Kier molecular flexibility index (Phi) is 2.87. The number of nitrogens with one attached hydrogen (secondary N) is 1. The molecule has 1 unspecified atom stereocenters. The van der Waals surface area contributed by atoms with E-state index in [-0.39, 0.29) is 5.56 Å². The predicted octanol–water partition coefficient (Wildman–Crippen LogP) is 0.990. The zero-order valence-corrected chi connectivity index (χ0v) is 9.57. The van der Waals surface area contributed by atoms with E-state index in [1.165, 1.54) is 4.72 Å². The maximum absolute atomic E-state index is 13.6. The normalized spacial score (nSPS) is 21.9. The second-order valence-corrected chi connectivity index (χ2v) is 5.32. The van der Waals surface area contributed by atoms with Gasteiger partial charge in [0.05, 0.1) is 0 Å². The molecule has 1 atom stereocenters. The van der Waals surface area contributed by atoms with Crippen molar-refractivity contribution < 1.29 is 26.0 Å². The minimum Gasteiger partial charge on any atom is -0.216 e. The van der Waals surface area contributed by atoms with E-state index in [2.05, 4.69) is 5.14 Å². The molecule has 0 spiro atoms. The molecule has 0 saturated heterocycles. The molecule has 9 heteroatoms. The van der Waals surface area contributed by atoms with Crippen molar-refractivity contribution >= 4 is 10.2 Å². The summed E-state index contributed by atoms with van der Waals surface area (Å²) in [6, 6.07) is -0.960. The molecule has 3 N–H and O–H groups in total. The number of hydrogen-bond acceptors (Lipinski definition) is 2. The molecule has 0 aliphatic heterocycles. The molecule has 0 amide bonds. The third kappa shape index (κ3) is 2.33. The van der Waals surface area contributed by atoms with Crippen LogP contribution in [0.25, 0.3) is 0 Å². The molecule has 2 rings (SSSR count). The summed E-state index contributed by atoms with van der Waals surface area (Å²) in [4.78, 5) is 0. The van der Waals surface area contributed by atoms with Crippen LogP contribution in [0.2, 0.25) is 0 Å². The summed E-state index contributed by atoms with van der Waals surface area (Å²) in [6.07, 6.45) is -0.954. The van der Waals surface area contributed by atoms with Crippen LogP contribution in [0.15, 0.2) is 12.1 Å². The van der Waals surface area contributed by atoms with Gasteiger partial charge in [0.15, 0.2) is 0 Å². The Morgan fingerprint density at radius 2 is 1.94 bits per heavy atom. The first kappa shape index (κ1) is 13.2. The van der Waals surface area contributed by atoms with Gasteiger partial charge in [-0.25, -0.2) is 22.7 Å². The molecular weight excluding hydrogens is 276 g/mol. The number of rotatable bonds is 2. The van der Waals surface area contributed by atoms with Crippen LogP contribution in [0, 0.1) is 11.6 Å². The second-order valence-electron chi connectivity index (χ2n) is 3.99. The molecule has 0 fully saturated rings. The average molecular weight is 284 g/mol. The van der Waals surface area contributed by atoms with E-state index in [1.807, 2.05) is 0 Å². The van der Waals surface area contributed by atoms with Crippen molar-refractivity contribution in [2.45, 2.75) is 18.4 Å². The van der Waals surface area contributed by atoms with Gasteiger partial charge in [-0.15, -0.1) is 0 Å². The molecule has 1 aliphatic carbocycles. The smallest absolute Gasteiger partial charge is 0.216 e. The summed E-state index contributed by atoms with van der Waals surface area (Å²) in [7, 11) is -4.44. The van der Waals surface area contributed by atoms with E-state index in [0.717, 1.165) is 6.07 Å². The van der Waals surface area contributed by atoms with E-state index in [4.69, 9.17) is 0 Å². The van der Waals surface area contributed by atoms with Gasteiger partial charge in [-0.2, -0.15) is 13.1 Å². The maximum Gasteiger partial charge on any atom is 0.275 e. The van der Waals surface area contributed by atoms with E-state index >= 15 is 0 Å². The van der Waals surface area contributed by atoms with Gasteiger partial charge in [0.25, 0.3) is 16.1 Å². The first-order valence-corrected chi connectivity index (χ1v) is 6.30. The number of alkyl halides is 2. The van der Waals surface area contributed by atoms with Crippen molar-refractivity contribution in [3.05, 3.63) is 34.9 Å². The standard InChI is InChI=1S/C9H8F4N2O2S/c10-5-1-4-3-9(12,13)8(15-18(14,16)17)7(4)6(11)2-5/h1-2,8,15H,3H2,(H2,14,16,17). The minimum absolute atomic E-state index is 0.279. The van der Waals surface area contributed by atoms with Crippen molar-refractivity contribution in [2.75, 3.05) is 0 Å². The van der Waals surface area contributed by atoms with Crippen LogP contribution in [0.5, 0.6) is 0 Å². The Labute approximate surface area is 100.0 Å². The summed E-state index contributed by atoms with van der Waals surface area (Å²) < 4.78 is 76.6. The molecular formula is C9H8F4N2O2S. The Morgan fingerprint density at radius 1 is 1.33 bits per heavy atom. The van der Waals surface area contributed by atoms with Crippen LogP contribution >= 0.6 is 0 Å². The van der Waals surface area contributed by atoms with E-state index in [0.29, 0.717) is 6.07 Å². The molecule has 18 heavy (non-hydrogen) atoms. The minimum atomic E-state index is -4.44. The van der Waals surface area contributed by atoms with E-state index in [9.17, 15) is 26.0 Å². The van der Waals surface area contributed by atoms with Gasteiger partial charge in [-0.3, -0.25) is 0 Å². The number of benzene rings is 1. The molecule has 1 aromatic carbocycles. The monoisotopic (exact) mass is 284 g/mol. The number of halogens is 4. The molecule has 0 saturated carbocycles. The van der Waals surface area contributed by atoms with Crippen molar-refractivity contribution in [3.8, 4) is 0 Å². The fourth-order valence-electron chi connectivity index (χ4n) is 1.98.